The molecule has 0 aliphatic carbocycles. The van der Waals surface area contributed by atoms with Crippen molar-refractivity contribution < 1.29 is 9.53 Å². The highest BCUT2D eigenvalue weighted by molar-refractivity contribution is 5.76. The van der Waals surface area contributed by atoms with Crippen LogP contribution in [-0.4, -0.2) is 49.2 Å². The molecule has 3 unspecified atom stereocenters. The first-order valence-electron chi connectivity index (χ1n) is 7.83. The Hall–Kier alpha value is -0.610. The number of amides is 1. The average Bonchev–Trinajstić information content (AvgIpc) is 2.90. The third kappa shape index (κ3) is 4.18. The number of likely N-dealkylation sites (tertiary alicyclic amines) is 1. The molecule has 0 aromatic carbocycles. The summed E-state index contributed by atoms with van der Waals surface area (Å²) < 4.78 is 5.56. The van der Waals surface area contributed by atoms with E-state index in [0.29, 0.717) is 18.4 Å². The first-order valence-corrected chi connectivity index (χ1v) is 7.83. The molecule has 0 saturated carbocycles. The van der Waals surface area contributed by atoms with E-state index in [1.54, 1.807) is 0 Å². The van der Waals surface area contributed by atoms with E-state index in [1.807, 2.05) is 4.90 Å². The van der Waals surface area contributed by atoms with Crippen LogP contribution in [0.3, 0.4) is 0 Å². The summed E-state index contributed by atoms with van der Waals surface area (Å²) in [5, 5.41) is 3.59. The zero-order valence-corrected chi connectivity index (χ0v) is 12.4. The van der Waals surface area contributed by atoms with Gasteiger partial charge in [0.25, 0.3) is 0 Å². The normalized spacial score (nSPS) is 31.7. The van der Waals surface area contributed by atoms with E-state index < -0.39 is 0 Å². The first kappa shape index (κ1) is 14.8. The largest absolute Gasteiger partial charge is 0.378 e. The van der Waals surface area contributed by atoms with Crippen molar-refractivity contribution in [1.82, 2.24) is 10.2 Å². The number of carbonyl (C=O) groups excluding carboxylic acids is 1. The lowest BCUT2D eigenvalue weighted by Crippen LogP contribution is -2.50. The zero-order chi connectivity index (χ0) is 13.7. The number of ether oxygens (including phenoxy) is 1. The van der Waals surface area contributed by atoms with E-state index >= 15 is 0 Å². The number of nitrogens with one attached hydrogen (secondary N) is 1. The molecular weight excluding hydrogens is 240 g/mol. The number of piperidine rings is 1. The summed E-state index contributed by atoms with van der Waals surface area (Å²) in [6.07, 6.45) is 5.18. The predicted molar refractivity (Wildman–Crippen MR) is 76.0 cm³/mol. The maximum absolute atomic E-state index is 12.2. The number of carbonyl (C=O) groups is 1. The van der Waals surface area contributed by atoms with Crippen LogP contribution in [0.5, 0.6) is 0 Å². The van der Waals surface area contributed by atoms with Gasteiger partial charge in [-0.05, 0) is 38.1 Å². The maximum atomic E-state index is 12.2. The van der Waals surface area contributed by atoms with Crippen molar-refractivity contribution in [2.75, 3.05) is 26.2 Å². The van der Waals surface area contributed by atoms with Crippen molar-refractivity contribution in [3.05, 3.63) is 0 Å². The van der Waals surface area contributed by atoms with Gasteiger partial charge in [0.2, 0.25) is 5.91 Å². The van der Waals surface area contributed by atoms with Gasteiger partial charge in [-0.2, -0.15) is 0 Å². The molecule has 2 heterocycles. The minimum Gasteiger partial charge on any atom is -0.378 e. The molecule has 1 amide bonds. The Kier molecular flexibility index (Phi) is 5.64. The van der Waals surface area contributed by atoms with Crippen molar-refractivity contribution >= 4 is 5.91 Å². The molecule has 0 aromatic rings. The number of hydrogen-bond acceptors (Lipinski definition) is 3. The number of nitrogens with zero attached hydrogens (tertiary/aromatic N) is 1. The summed E-state index contributed by atoms with van der Waals surface area (Å²) in [5.41, 5.74) is 0. The second kappa shape index (κ2) is 7.25. The lowest BCUT2D eigenvalue weighted by Gasteiger charge is -2.37. The van der Waals surface area contributed by atoms with Gasteiger partial charge in [-0.15, -0.1) is 0 Å². The van der Waals surface area contributed by atoms with Gasteiger partial charge >= 0.3 is 0 Å². The fraction of sp³-hybridized carbons (Fsp3) is 0.933. The van der Waals surface area contributed by atoms with Gasteiger partial charge in [0.1, 0.15) is 0 Å². The zero-order valence-electron chi connectivity index (χ0n) is 12.4. The standard InChI is InChI=1S/C15H28N2O2/c1-3-7-16-14-6-8-17(11-12(14)2)15(18)10-13-5-4-9-19-13/h12-14,16H,3-11H2,1-2H3. The molecule has 2 fully saturated rings. The van der Waals surface area contributed by atoms with E-state index in [0.717, 1.165) is 45.5 Å². The smallest absolute Gasteiger partial charge is 0.225 e. The molecule has 4 nitrogen and oxygen atoms in total. The molecule has 0 bridgehead atoms. The van der Waals surface area contributed by atoms with Crippen molar-refractivity contribution in [3.63, 3.8) is 0 Å². The van der Waals surface area contributed by atoms with Gasteiger partial charge in [0.15, 0.2) is 0 Å². The third-order valence-electron chi connectivity index (χ3n) is 4.34. The predicted octanol–water partition coefficient (Wildman–Crippen LogP) is 1.79. The maximum Gasteiger partial charge on any atom is 0.225 e. The Balaban J connectivity index is 1.75. The molecule has 0 spiro atoms. The van der Waals surface area contributed by atoms with Crippen LogP contribution in [0.25, 0.3) is 0 Å². The van der Waals surface area contributed by atoms with Gasteiger partial charge in [-0.25, -0.2) is 0 Å². The van der Waals surface area contributed by atoms with E-state index in [4.69, 9.17) is 4.74 Å². The van der Waals surface area contributed by atoms with Gasteiger partial charge < -0.3 is 15.0 Å². The first-order chi connectivity index (χ1) is 9.20. The SMILES string of the molecule is CCCNC1CCN(C(=O)CC2CCCO2)CC1C. The monoisotopic (exact) mass is 268 g/mol. The van der Waals surface area contributed by atoms with Crippen LogP contribution in [0, 0.1) is 5.92 Å². The molecule has 0 radical (unpaired) electrons. The van der Waals surface area contributed by atoms with Crippen LogP contribution in [0.2, 0.25) is 0 Å². The lowest BCUT2D eigenvalue weighted by molar-refractivity contribution is -0.135. The molecular formula is C15H28N2O2. The highest BCUT2D eigenvalue weighted by atomic mass is 16.5. The summed E-state index contributed by atoms with van der Waals surface area (Å²) in [4.78, 5) is 14.3. The van der Waals surface area contributed by atoms with E-state index in [9.17, 15) is 4.79 Å². The molecule has 2 rings (SSSR count). The Morgan fingerprint density at radius 2 is 2.26 bits per heavy atom. The lowest BCUT2D eigenvalue weighted by atomic mass is 9.93. The Bertz CT molecular complexity index is 290. The van der Waals surface area contributed by atoms with Crippen LogP contribution < -0.4 is 5.32 Å². The highest BCUT2D eigenvalue weighted by Gasteiger charge is 2.29. The van der Waals surface area contributed by atoms with E-state index in [1.165, 1.54) is 6.42 Å². The molecule has 110 valence electrons. The molecule has 19 heavy (non-hydrogen) atoms. The average molecular weight is 268 g/mol. The third-order valence-corrected chi connectivity index (χ3v) is 4.34. The summed E-state index contributed by atoms with van der Waals surface area (Å²) in [6, 6.07) is 0.576. The van der Waals surface area contributed by atoms with Crippen molar-refractivity contribution in [3.8, 4) is 0 Å². The molecule has 2 saturated heterocycles. The van der Waals surface area contributed by atoms with Crippen LogP contribution in [0.4, 0.5) is 0 Å². The summed E-state index contributed by atoms with van der Waals surface area (Å²) >= 11 is 0. The van der Waals surface area contributed by atoms with Gasteiger partial charge in [0, 0.05) is 25.7 Å². The van der Waals surface area contributed by atoms with Gasteiger partial charge in [0.05, 0.1) is 12.5 Å². The molecule has 2 aliphatic rings. The Labute approximate surface area is 116 Å². The van der Waals surface area contributed by atoms with Gasteiger partial charge in [-0.1, -0.05) is 13.8 Å². The quantitative estimate of drug-likeness (QED) is 0.826. The molecule has 4 heteroatoms. The van der Waals surface area contributed by atoms with Crippen LogP contribution in [0.15, 0.2) is 0 Å². The minimum atomic E-state index is 0.179. The van der Waals surface area contributed by atoms with Crippen molar-refractivity contribution in [1.29, 1.82) is 0 Å². The molecule has 0 aromatic heterocycles. The fourth-order valence-electron chi connectivity index (χ4n) is 3.13. The summed E-state index contributed by atoms with van der Waals surface area (Å²) in [6.45, 7) is 8.15. The minimum absolute atomic E-state index is 0.179. The molecule has 2 aliphatic heterocycles. The summed E-state index contributed by atoms with van der Waals surface area (Å²) in [7, 11) is 0. The van der Waals surface area contributed by atoms with Crippen LogP contribution in [0.1, 0.15) is 46.0 Å². The highest BCUT2D eigenvalue weighted by Crippen LogP contribution is 2.21. The topological polar surface area (TPSA) is 41.6 Å². The van der Waals surface area contributed by atoms with Crippen molar-refractivity contribution in [2.45, 2.75) is 58.1 Å². The number of rotatable bonds is 5. The fourth-order valence-corrected chi connectivity index (χ4v) is 3.13. The molecule has 3 atom stereocenters. The second-order valence-electron chi connectivity index (χ2n) is 6.01. The second-order valence-corrected chi connectivity index (χ2v) is 6.01. The Morgan fingerprint density at radius 1 is 1.42 bits per heavy atom. The van der Waals surface area contributed by atoms with Crippen LogP contribution >= 0.6 is 0 Å². The molecule has 1 N–H and O–H groups in total. The van der Waals surface area contributed by atoms with Gasteiger partial charge in [-0.3, -0.25) is 4.79 Å². The number of hydrogen-bond donors (Lipinski definition) is 1. The summed E-state index contributed by atoms with van der Waals surface area (Å²) in [5.74, 6) is 0.835. The van der Waals surface area contributed by atoms with E-state index in [2.05, 4.69) is 19.2 Å². The van der Waals surface area contributed by atoms with E-state index in [-0.39, 0.29) is 12.0 Å². The van der Waals surface area contributed by atoms with Crippen molar-refractivity contribution in [2.24, 2.45) is 5.92 Å². The van der Waals surface area contributed by atoms with Crippen LogP contribution in [-0.2, 0) is 9.53 Å². The Morgan fingerprint density at radius 3 is 2.89 bits per heavy atom.